The van der Waals surface area contributed by atoms with Crippen LogP contribution in [0.3, 0.4) is 0 Å². The Labute approximate surface area is 162 Å². The van der Waals surface area contributed by atoms with Crippen LogP contribution >= 0.6 is 0 Å². The van der Waals surface area contributed by atoms with E-state index in [9.17, 15) is 14.4 Å². The fourth-order valence-electron chi connectivity index (χ4n) is 3.90. The molecule has 1 spiro atoms. The minimum Gasteiger partial charge on any atom is -0.448 e. The van der Waals surface area contributed by atoms with Crippen molar-refractivity contribution < 1.29 is 23.9 Å². The Hall–Kier alpha value is -2.88. The van der Waals surface area contributed by atoms with Gasteiger partial charge in [0.2, 0.25) is 11.8 Å². The van der Waals surface area contributed by atoms with E-state index in [0.717, 1.165) is 18.8 Å². The lowest BCUT2D eigenvalue weighted by molar-refractivity contribution is -0.148. The van der Waals surface area contributed by atoms with Gasteiger partial charge in [0.25, 0.3) is 0 Å². The fraction of sp³-hybridized carbons (Fsp3) is 0.556. The summed E-state index contributed by atoms with van der Waals surface area (Å²) in [5.41, 5.74) is 5.17. The Morgan fingerprint density at radius 3 is 2.71 bits per heavy atom. The molecular weight excluding hydrogens is 366 g/mol. The molecule has 28 heavy (non-hydrogen) atoms. The molecule has 3 saturated heterocycles. The Morgan fingerprint density at radius 1 is 1.18 bits per heavy atom. The highest BCUT2D eigenvalue weighted by Crippen LogP contribution is 2.31. The molecule has 3 aliphatic rings. The molecule has 3 amide bonds. The van der Waals surface area contributed by atoms with Crippen LogP contribution in [-0.2, 0) is 14.3 Å². The molecule has 1 aromatic heterocycles. The van der Waals surface area contributed by atoms with Gasteiger partial charge in [0, 0.05) is 19.3 Å². The van der Waals surface area contributed by atoms with Gasteiger partial charge in [0.15, 0.2) is 0 Å². The number of nitrogens with zero attached hydrogens (tertiary/aromatic N) is 4. The number of hydrogen-bond acceptors (Lipinski definition) is 7. The average Bonchev–Trinajstić information content (AvgIpc) is 3.28. The highest BCUT2D eigenvalue weighted by atomic mass is 16.6. The van der Waals surface area contributed by atoms with E-state index in [1.54, 1.807) is 17.0 Å². The third-order valence-corrected chi connectivity index (χ3v) is 5.44. The highest BCUT2D eigenvalue weighted by molar-refractivity contribution is 5.92. The van der Waals surface area contributed by atoms with Crippen LogP contribution in [0.15, 0.2) is 18.3 Å². The number of pyridine rings is 1. The van der Waals surface area contributed by atoms with Gasteiger partial charge in [-0.05, 0) is 18.6 Å². The lowest BCUT2D eigenvalue weighted by Crippen LogP contribution is -2.56. The first-order chi connectivity index (χ1) is 13.5. The van der Waals surface area contributed by atoms with Crippen LogP contribution in [-0.4, -0.2) is 90.8 Å². The Balaban J connectivity index is 1.39. The number of amides is 3. The van der Waals surface area contributed by atoms with Gasteiger partial charge in [-0.2, -0.15) is 0 Å². The van der Waals surface area contributed by atoms with E-state index < -0.39 is 17.6 Å². The molecule has 4 rings (SSSR count). The molecule has 10 nitrogen and oxygen atoms in total. The van der Waals surface area contributed by atoms with Gasteiger partial charge in [-0.15, -0.1) is 0 Å². The van der Waals surface area contributed by atoms with Crippen molar-refractivity contribution in [3.63, 3.8) is 0 Å². The number of cyclic esters (lactones) is 1. The molecule has 1 unspecified atom stereocenters. The number of hydrogen-bond donors (Lipinski definition) is 1. The number of nitrogens with two attached hydrogens (primary N) is 1. The van der Waals surface area contributed by atoms with Crippen molar-refractivity contribution in [2.24, 2.45) is 5.73 Å². The molecule has 10 heteroatoms. The summed E-state index contributed by atoms with van der Waals surface area (Å²) in [6.45, 7) is 3.60. The summed E-state index contributed by atoms with van der Waals surface area (Å²) in [6.07, 6.45) is 1.80. The monoisotopic (exact) mass is 389 g/mol. The van der Waals surface area contributed by atoms with Crippen molar-refractivity contribution >= 4 is 23.7 Å². The molecule has 150 valence electrons. The van der Waals surface area contributed by atoms with E-state index in [2.05, 4.69) is 9.88 Å². The first kappa shape index (κ1) is 18.5. The summed E-state index contributed by atoms with van der Waals surface area (Å²) in [4.78, 5) is 45.0. The number of morpholine rings is 1. The van der Waals surface area contributed by atoms with Crippen molar-refractivity contribution in [1.29, 1.82) is 0 Å². The molecule has 0 bridgehead atoms. The number of rotatable bonds is 4. The van der Waals surface area contributed by atoms with Gasteiger partial charge < -0.3 is 25.0 Å². The predicted octanol–water partition coefficient (Wildman–Crippen LogP) is -0.560. The van der Waals surface area contributed by atoms with Crippen molar-refractivity contribution in [3.8, 4) is 0 Å². The fourth-order valence-corrected chi connectivity index (χ4v) is 3.90. The van der Waals surface area contributed by atoms with Crippen LogP contribution in [0, 0.1) is 0 Å². The number of aromatic nitrogens is 1. The van der Waals surface area contributed by atoms with E-state index in [1.807, 2.05) is 0 Å². The van der Waals surface area contributed by atoms with Gasteiger partial charge in [-0.25, -0.2) is 9.78 Å². The first-order valence-electron chi connectivity index (χ1n) is 9.30. The van der Waals surface area contributed by atoms with E-state index in [0.29, 0.717) is 45.0 Å². The second-order valence-electron chi connectivity index (χ2n) is 7.32. The van der Waals surface area contributed by atoms with Gasteiger partial charge in [-0.3, -0.25) is 14.5 Å². The van der Waals surface area contributed by atoms with E-state index in [-0.39, 0.29) is 12.5 Å². The molecular formula is C18H23N5O5. The van der Waals surface area contributed by atoms with Crippen LogP contribution in [0.1, 0.15) is 16.8 Å². The first-order valence-corrected chi connectivity index (χ1v) is 9.30. The second-order valence-corrected chi connectivity index (χ2v) is 7.32. The Morgan fingerprint density at radius 2 is 2.04 bits per heavy atom. The van der Waals surface area contributed by atoms with Gasteiger partial charge in [-0.1, -0.05) is 0 Å². The quantitative estimate of drug-likeness (QED) is 0.733. The zero-order valence-corrected chi connectivity index (χ0v) is 15.5. The summed E-state index contributed by atoms with van der Waals surface area (Å²) in [5, 5.41) is 0. The minimum absolute atomic E-state index is 0.0365. The van der Waals surface area contributed by atoms with Crippen LogP contribution in [0.2, 0.25) is 0 Å². The van der Waals surface area contributed by atoms with E-state index >= 15 is 0 Å². The third kappa shape index (κ3) is 3.59. The summed E-state index contributed by atoms with van der Waals surface area (Å²) in [6, 6.07) is 3.42. The number of anilines is 1. The maximum Gasteiger partial charge on any atom is 0.410 e. The topological polar surface area (TPSA) is 118 Å². The molecule has 0 radical (unpaired) electrons. The molecule has 0 aliphatic carbocycles. The largest absolute Gasteiger partial charge is 0.448 e. The zero-order valence-electron chi connectivity index (χ0n) is 15.5. The number of ether oxygens (including phenoxy) is 2. The third-order valence-electron chi connectivity index (χ3n) is 5.44. The molecule has 1 aromatic rings. The van der Waals surface area contributed by atoms with Crippen molar-refractivity contribution in [2.75, 3.05) is 57.4 Å². The summed E-state index contributed by atoms with van der Waals surface area (Å²) < 4.78 is 11.0. The lowest BCUT2D eigenvalue weighted by atomic mass is 10.0. The smallest absolute Gasteiger partial charge is 0.410 e. The van der Waals surface area contributed by atoms with E-state index in [1.165, 1.54) is 11.1 Å². The average molecular weight is 389 g/mol. The zero-order chi connectivity index (χ0) is 19.7. The highest BCUT2D eigenvalue weighted by Gasteiger charge is 2.44. The number of carbonyl (C=O) groups is 3. The van der Waals surface area contributed by atoms with Crippen molar-refractivity contribution in [1.82, 2.24) is 14.8 Å². The molecule has 0 aromatic carbocycles. The van der Waals surface area contributed by atoms with Gasteiger partial charge >= 0.3 is 6.09 Å². The predicted molar refractivity (Wildman–Crippen MR) is 97.8 cm³/mol. The summed E-state index contributed by atoms with van der Waals surface area (Å²) in [7, 11) is 0. The van der Waals surface area contributed by atoms with Crippen LogP contribution in [0.5, 0.6) is 0 Å². The SMILES string of the molecule is NC(=O)c1ccc(N2CCC3(CN(C(=O)CN4CCOC4=O)CCO3)C2)nc1. The molecule has 4 heterocycles. The summed E-state index contributed by atoms with van der Waals surface area (Å²) in [5.74, 6) is 0.140. The molecule has 0 saturated carbocycles. The van der Waals surface area contributed by atoms with E-state index in [4.69, 9.17) is 15.2 Å². The minimum atomic E-state index is -0.511. The van der Waals surface area contributed by atoms with Crippen molar-refractivity contribution in [3.05, 3.63) is 23.9 Å². The van der Waals surface area contributed by atoms with Crippen molar-refractivity contribution in [2.45, 2.75) is 12.0 Å². The van der Waals surface area contributed by atoms with Crippen LogP contribution in [0.25, 0.3) is 0 Å². The van der Waals surface area contributed by atoms with Crippen LogP contribution in [0.4, 0.5) is 10.6 Å². The maximum atomic E-state index is 12.6. The van der Waals surface area contributed by atoms with Gasteiger partial charge in [0.05, 0.1) is 31.8 Å². The van der Waals surface area contributed by atoms with Gasteiger partial charge in [0.1, 0.15) is 24.6 Å². The summed E-state index contributed by atoms with van der Waals surface area (Å²) >= 11 is 0. The number of primary amides is 1. The normalized spacial score (nSPS) is 24.7. The molecule has 2 N–H and O–H groups in total. The lowest BCUT2D eigenvalue weighted by Gasteiger charge is -2.40. The molecule has 1 atom stereocenters. The second kappa shape index (κ2) is 7.27. The Bertz CT molecular complexity index is 785. The number of carbonyl (C=O) groups excluding carboxylic acids is 3. The molecule has 3 aliphatic heterocycles. The van der Waals surface area contributed by atoms with Crippen LogP contribution < -0.4 is 10.6 Å². The Kier molecular flexibility index (Phi) is 4.80. The standard InChI is InChI=1S/C18H23N5O5/c19-16(25)13-1-2-14(20-9-13)22-4-3-18(11-22)12-23(6-8-28-18)15(24)10-21-5-7-27-17(21)26/h1-2,9H,3-8,10-12H2,(H2,19,25). The maximum absolute atomic E-state index is 12.6. The molecule has 3 fully saturated rings.